The number of thioether (sulfide) groups is 1. The Morgan fingerprint density at radius 1 is 1.52 bits per heavy atom. The normalized spacial score (nSPS) is 10.6. The van der Waals surface area contributed by atoms with E-state index in [0.29, 0.717) is 29.4 Å². The van der Waals surface area contributed by atoms with E-state index in [2.05, 4.69) is 20.5 Å². The standard InChI is InChI=1S/C13H16FN5OS/c1-8-16-13(19-18-8)21-6-2-3-12(20)17-11-7-9(15)4-5-10(11)14/h4-5,7H,2-3,6,15H2,1H3,(H,17,20)(H,16,18,19). The summed E-state index contributed by atoms with van der Waals surface area (Å²) in [7, 11) is 0. The monoisotopic (exact) mass is 309 g/mol. The highest BCUT2D eigenvalue weighted by atomic mass is 32.2. The van der Waals surface area contributed by atoms with Gasteiger partial charge in [-0.15, -0.1) is 5.10 Å². The number of hydrogen-bond acceptors (Lipinski definition) is 5. The predicted octanol–water partition coefficient (Wildman–Crippen LogP) is 2.35. The number of halogens is 1. The molecule has 2 aromatic rings. The van der Waals surface area contributed by atoms with Gasteiger partial charge in [0.05, 0.1) is 5.69 Å². The highest BCUT2D eigenvalue weighted by Gasteiger charge is 2.08. The lowest BCUT2D eigenvalue weighted by atomic mass is 10.2. The molecule has 0 aliphatic carbocycles. The number of rotatable bonds is 6. The Morgan fingerprint density at radius 2 is 2.33 bits per heavy atom. The lowest BCUT2D eigenvalue weighted by molar-refractivity contribution is -0.116. The zero-order chi connectivity index (χ0) is 15.2. The zero-order valence-corrected chi connectivity index (χ0v) is 12.3. The molecule has 0 spiro atoms. The van der Waals surface area contributed by atoms with Gasteiger partial charge in [0, 0.05) is 17.9 Å². The maximum atomic E-state index is 13.4. The first-order valence-electron chi connectivity index (χ1n) is 6.41. The van der Waals surface area contributed by atoms with Crippen LogP contribution in [0.1, 0.15) is 18.7 Å². The van der Waals surface area contributed by atoms with Gasteiger partial charge in [-0.1, -0.05) is 11.8 Å². The average Bonchev–Trinajstić information content (AvgIpc) is 2.85. The van der Waals surface area contributed by atoms with Crippen molar-refractivity contribution in [3.8, 4) is 0 Å². The van der Waals surface area contributed by atoms with Crippen LogP contribution < -0.4 is 11.1 Å². The number of nitrogens with one attached hydrogen (secondary N) is 2. The number of nitrogen functional groups attached to an aromatic ring is 1. The number of nitrogens with zero attached hydrogens (tertiary/aromatic N) is 2. The number of amides is 1. The summed E-state index contributed by atoms with van der Waals surface area (Å²) in [6, 6.07) is 4.07. The second-order valence-corrected chi connectivity index (χ2v) is 5.50. The third kappa shape index (κ3) is 4.75. The first-order valence-corrected chi connectivity index (χ1v) is 7.40. The number of hydrogen-bond donors (Lipinski definition) is 3. The number of benzene rings is 1. The van der Waals surface area contributed by atoms with Gasteiger partial charge in [0.1, 0.15) is 11.6 Å². The van der Waals surface area contributed by atoms with Crippen LogP contribution in [-0.2, 0) is 4.79 Å². The SMILES string of the molecule is Cc1nc(SCCCC(=O)Nc2cc(N)ccc2F)n[nH]1. The summed E-state index contributed by atoms with van der Waals surface area (Å²) in [5, 5.41) is 9.91. The third-order valence-corrected chi connectivity index (χ3v) is 3.55. The van der Waals surface area contributed by atoms with Crippen molar-refractivity contribution in [2.45, 2.75) is 24.9 Å². The Morgan fingerprint density at radius 3 is 3.05 bits per heavy atom. The summed E-state index contributed by atoms with van der Waals surface area (Å²) < 4.78 is 13.4. The van der Waals surface area contributed by atoms with Crippen molar-refractivity contribution in [2.75, 3.05) is 16.8 Å². The fourth-order valence-corrected chi connectivity index (χ4v) is 2.42. The van der Waals surface area contributed by atoms with Gasteiger partial charge in [0.15, 0.2) is 0 Å². The minimum atomic E-state index is -0.497. The van der Waals surface area contributed by atoms with Crippen molar-refractivity contribution in [2.24, 2.45) is 0 Å². The molecule has 112 valence electrons. The fourth-order valence-electron chi connectivity index (χ4n) is 1.63. The van der Waals surface area contributed by atoms with Gasteiger partial charge in [-0.25, -0.2) is 9.37 Å². The van der Waals surface area contributed by atoms with Crippen LogP contribution in [-0.4, -0.2) is 26.8 Å². The van der Waals surface area contributed by atoms with Crippen molar-refractivity contribution >= 4 is 29.0 Å². The first kappa shape index (κ1) is 15.3. The van der Waals surface area contributed by atoms with Crippen LogP contribution in [0.25, 0.3) is 0 Å². The second kappa shape index (κ2) is 7.07. The van der Waals surface area contributed by atoms with Gasteiger partial charge >= 0.3 is 0 Å². The van der Waals surface area contributed by atoms with E-state index in [1.165, 1.54) is 30.0 Å². The van der Waals surface area contributed by atoms with E-state index in [0.717, 1.165) is 5.82 Å². The molecule has 0 saturated heterocycles. The van der Waals surface area contributed by atoms with E-state index < -0.39 is 5.82 Å². The molecule has 4 N–H and O–H groups in total. The molecule has 2 rings (SSSR count). The highest BCUT2D eigenvalue weighted by Crippen LogP contribution is 2.18. The van der Waals surface area contributed by atoms with Crippen LogP contribution in [0.15, 0.2) is 23.4 Å². The smallest absolute Gasteiger partial charge is 0.224 e. The van der Waals surface area contributed by atoms with E-state index >= 15 is 0 Å². The topological polar surface area (TPSA) is 96.7 Å². The quantitative estimate of drug-likeness (QED) is 0.432. The lowest BCUT2D eigenvalue weighted by Gasteiger charge is -2.06. The van der Waals surface area contributed by atoms with Gasteiger partial charge < -0.3 is 11.1 Å². The molecule has 0 aliphatic heterocycles. The molecule has 1 heterocycles. The number of nitrogens with two attached hydrogens (primary N) is 1. The molecule has 21 heavy (non-hydrogen) atoms. The number of anilines is 2. The average molecular weight is 309 g/mol. The van der Waals surface area contributed by atoms with E-state index in [4.69, 9.17) is 5.73 Å². The predicted molar refractivity (Wildman–Crippen MR) is 80.5 cm³/mol. The van der Waals surface area contributed by atoms with Gasteiger partial charge in [-0.2, -0.15) is 0 Å². The first-order chi connectivity index (χ1) is 10.0. The number of aromatic nitrogens is 3. The number of aryl methyl sites for hydroxylation is 1. The number of carbonyl (C=O) groups is 1. The number of H-pyrrole nitrogens is 1. The second-order valence-electron chi connectivity index (χ2n) is 4.44. The molecule has 8 heteroatoms. The maximum Gasteiger partial charge on any atom is 0.224 e. The zero-order valence-electron chi connectivity index (χ0n) is 11.5. The molecule has 0 saturated carbocycles. The summed E-state index contributed by atoms with van der Waals surface area (Å²) in [6.07, 6.45) is 0.943. The van der Waals surface area contributed by atoms with Gasteiger partial charge in [-0.3, -0.25) is 9.89 Å². The van der Waals surface area contributed by atoms with E-state index in [9.17, 15) is 9.18 Å². The Bertz CT molecular complexity index is 631. The van der Waals surface area contributed by atoms with Gasteiger partial charge in [0.2, 0.25) is 11.1 Å². The fraction of sp³-hybridized carbons (Fsp3) is 0.308. The minimum absolute atomic E-state index is 0.109. The van der Waals surface area contributed by atoms with Gasteiger partial charge in [-0.05, 0) is 31.5 Å². The van der Waals surface area contributed by atoms with Crippen molar-refractivity contribution in [3.05, 3.63) is 29.8 Å². The minimum Gasteiger partial charge on any atom is -0.399 e. The summed E-state index contributed by atoms with van der Waals surface area (Å²) >= 11 is 1.47. The summed E-state index contributed by atoms with van der Waals surface area (Å²) in [4.78, 5) is 15.9. The molecule has 6 nitrogen and oxygen atoms in total. The Kier molecular flexibility index (Phi) is 5.15. The van der Waals surface area contributed by atoms with Crippen molar-refractivity contribution in [1.29, 1.82) is 0 Å². The molecule has 1 amide bonds. The van der Waals surface area contributed by atoms with Crippen molar-refractivity contribution in [3.63, 3.8) is 0 Å². The molecule has 0 aliphatic rings. The molecule has 0 bridgehead atoms. The largest absolute Gasteiger partial charge is 0.399 e. The molecular formula is C13H16FN5OS. The van der Waals surface area contributed by atoms with Gasteiger partial charge in [0.25, 0.3) is 0 Å². The molecule has 0 radical (unpaired) electrons. The van der Waals surface area contributed by atoms with Crippen LogP contribution in [0.5, 0.6) is 0 Å². The van der Waals surface area contributed by atoms with Crippen LogP contribution in [0, 0.1) is 12.7 Å². The number of carbonyl (C=O) groups excluding carboxylic acids is 1. The molecule has 1 aromatic heterocycles. The Labute approximate surface area is 125 Å². The van der Waals surface area contributed by atoms with Crippen molar-refractivity contribution < 1.29 is 9.18 Å². The van der Waals surface area contributed by atoms with Crippen molar-refractivity contribution in [1.82, 2.24) is 15.2 Å². The summed E-state index contributed by atoms with van der Waals surface area (Å²) in [6.45, 7) is 1.82. The third-order valence-electron chi connectivity index (χ3n) is 2.62. The van der Waals surface area contributed by atoms with E-state index in [1.807, 2.05) is 6.92 Å². The molecule has 1 aromatic carbocycles. The maximum absolute atomic E-state index is 13.4. The molecular weight excluding hydrogens is 293 g/mol. The van der Waals surface area contributed by atoms with E-state index in [-0.39, 0.29) is 11.6 Å². The van der Waals surface area contributed by atoms with Crippen LogP contribution in [0.4, 0.5) is 15.8 Å². The van der Waals surface area contributed by atoms with E-state index in [1.54, 1.807) is 0 Å². The summed E-state index contributed by atoms with van der Waals surface area (Å²) in [5.41, 5.74) is 6.07. The molecule has 0 atom stereocenters. The molecule has 0 unspecified atom stereocenters. The molecule has 0 fully saturated rings. The number of aromatic amines is 1. The lowest BCUT2D eigenvalue weighted by Crippen LogP contribution is -2.12. The van der Waals surface area contributed by atoms with Crippen LogP contribution in [0.2, 0.25) is 0 Å². The van der Waals surface area contributed by atoms with Crippen LogP contribution in [0.3, 0.4) is 0 Å². The highest BCUT2D eigenvalue weighted by molar-refractivity contribution is 7.99. The Balaban J connectivity index is 1.73. The summed E-state index contributed by atoms with van der Waals surface area (Å²) in [5.74, 6) is 0.728. The Hall–Kier alpha value is -2.09. The van der Waals surface area contributed by atoms with Crippen LogP contribution >= 0.6 is 11.8 Å².